The van der Waals surface area contributed by atoms with Gasteiger partial charge in [-0.15, -0.1) is 0 Å². The topological polar surface area (TPSA) is 122 Å². The lowest BCUT2D eigenvalue weighted by Gasteiger charge is -2.21. The Hall–Kier alpha value is -4.13. The van der Waals surface area contributed by atoms with Crippen LogP contribution in [-0.2, 0) is 26.7 Å². The number of fused-ring (bicyclic) bond motifs is 1. The highest BCUT2D eigenvalue weighted by Gasteiger charge is 2.32. The maximum atomic E-state index is 15.2. The number of anilines is 1. The van der Waals surface area contributed by atoms with Crippen LogP contribution < -0.4 is 21.3 Å². The summed E-state index contributed by atoms with van der Waals surface area (Å²) in [6, 6.07) is 8.42. The minimum atomic E-state index is -3.27. The number of hydrogen-bond acceptors (Lipinski definition) is 8. The van der Waals surface area contributed by atoms with Crippen molar-refractivity contribution in [1.82, 2.24) is 16.0 Å². The standard InChI is InChI=1S/C30H37ClF3N5O5/c1-28(2,3)43-26(40)37-25(38-27(41)44-29(4,5)6)39-42-13-12-35-21-14-18-10-11-23(24(32)22(18)16-21)36-17-30(33,34)19-8-7-9-20(31)15-19/h7-11,14-15,35-36H,12-13,16-17H2,1-6H3,(H2,37,38,39,40,41). The molecule has 0 atom stereocenters. The van der Waals surface area contributed by atoms with Crippen molar-refractivity contribution in [2.45, 2.75) is 65.1 Å². The number of benzene rings is 2. The third-order valence-corrected chi connectivity index (χ3v) is 5.90. The van der Waals surface area contributed by atoms with Crippen molar-refractivity contribution in [3.05, 3.63) is 69.6 Å². The first-order valence-corrected chi connectivity index (χ1v) is 14.1. The highest BCUT2D eigenvalue weighted by molar-refractivity contribution is 6.30. The van der Waals surface area contributed by atoms with Gasteiger partial charge < -0.3 is 24.9 Å². The number of nitrogens with one attached hydrogen (secondary N) is 4. The Bertz CT molecular complexity index is 1390. The number of guanidine groups is 1. The molecule has 0 aromatic heterocycles. The molecule has 1 aliphatic carbocycles. The summed E-state index contributed by atoms with van der Waals surface area (Å²) in [5, 5.41) is 14.1. The van der Waals surface area contributed by atoms with Gasteiger partial charge in [-0.25, -0.2) is 14.0 Å². The quantitative estimate of drug-likeness (QED) is 0.107. The van der Waals surface area contributed by atoms with Crippen LogP contribution in [0.4, 0.5) is 28.4 Å². The van der Waals surface area contributed by atoms with Crippen LogP contribution in [-0.4, -0.2) is 49.0 Å². The van der Waals surface area contributed by atoms with E-state index in [9.17, 15) is 18.4 Å². The second kappa shape index (κ2) is 14.1. The predicted molar refractivity (Wildman–Crippen MR) is 162 cm³/mol. The molecule has 1 aliphatic rings. The second-order valence-corrected chi connectivity index (χ2v) is 12.3. The fourth-order valence-electron chi connectivity index (χ4n) is 3.90. The van der Waals surface area contributed by atoms with Crippen LogP contribution in [0.5, 0.6) is 0 Å². The molecular formula is C30H37ClF3N5O5. The Morgan fingerprint density at radius 2 is 1.59 bits per heavy atom. The number of ether oxygens (including phenoxy) is 2. The van der Waals surface area contributed by atoms with E-state index in [1.807, 2.05) is 0 Å². The third-order valence-electron chi connectivity index (χ3n) is 5.66. The van der Waals surface area contributed by atoms with Gasteiger partial charge in [0.15, 0.2) is 0 Å². The summed E-state index contributed by atoms with van der Waals surface area (Å²) in [5.41, 5.74) is -0.262. The van der Waals surface area contributed by atoms with Crippen molar-refractivity contribution in [1.29, 1.82) is 0 Å². The zero-order valence-corrected chi connectivity index (χ0v) is 26.1. The number of nitrogens with zero attached hydrogens (tertiary/aromatic N) is 1. The molecule has 0 aliphatic heterocycles. The first-order valence-electron chi connectivity index (χ1n) is 13.8. The lowest BCUT2D eigenvalue weighted by atomic mass is 10.1. The number of carbonyl (C=O) groups excluding carboxylic acids is 2. The average molecular weight is 640 g/mol. The van der Waals surface area contributed by atoms with E-state index in [1.54, 1.807) is 53.7 Å². The van der Waals surface area contributed by atoms with Crippen molar-refractivity contribution in [3.8, 4) is 0 Å². The fourth-order valence-corrected chi connectivity index (χ4v) is 4.09. The Balaban J connectivity index is 1.53. The first kappa shape index (κ1) is 34.4. The van der Waals surface area contributed by atoms with Crippen molar-refractivity contribution >= 4 is 41.5 Å². The van der Waals surface area contributed by atoms with Crippen LogP contribution in [0.25, 0.3) is 6.08 Å². The van der Waals surface area contributed by atoms with Crippen LogP contribution in [0.1, 0.15) is 58.2 Å². The molecule has 14 heteroatoms. The number of amides is 2. The van der Waals surface area contributed by atoms with E-state index in [2.05, 4.69) is 26.4 Å². The molecule has 0 unspecified atom stereocenters. The van der Waals surface area contributed by atoms with Gasteiger partial charge in [-0.05, 0) is 76.5 Å². The molecule has 10 nitrogen and oxygen atoms in total. The molecule has 0 spiro atoms. The lowest BCUT2D eigenvalue weighted by Crippen LogP contribution is -2.47. The monoisotopic (exact) mass is 639 g/mol. The van der Waals surface area contributed by atoms with Gasteiger partial charge >= 0.3 is 12.2 Å². The van der Waals surface area contributed by atoms with Crippen molar-refractivity contribution in [2.24, 2.45) is 5.16 Å². The summed E-state index contributed by atoms with van der Waals surface area (Å²) in [6.07, 6.45) is 0.209. The summed E-state index contributed by atoms with van der Waals surface area (Å²) >= 11 is 5.83. The molecule has 4 N–H and O–H groups in total. The molecule has 240 valence electrons. The van der Waals surface area contributed by atoms with E-state index in [-0.39, 0.29) is 41.8 Å². The number of halogens is 4. The smallest absolute Gasteiger partial charge is 0.414 e. The van der Waals surface area contributed by atoms with E-state index in [4.69, 9.17) is 25.9 Å². The van der Waals surface area contributed by atoms with Gasteiger partial charge in [0.1, 0.15) is 23.6 Å². The molecule has 0 saturated carbocycles. The highest BCUT2D eigenvalue weighted by atomic mass is 35.5. The van der Waals surface area contributed by atoms with E-state index in [0.717, 1.165) is 0 Å². The Kier molecular flexibility index (Phi) is 11.0. The van der Waals surface area contributed by atoms with Gasteiger partial charge in [0.05, 0.1) is 18.8 Å². The summed E-state index contributed by atoms with van der Waals surface area (Å²) in [6.45, 7) is 9.46. The summed E-state index contributed by atoms with van der Waals surface area (Å²) < 4.78 is 54.9. The van der Waals surface area contributed by atoms with E-state index < -0.39 is 41.7 Å². The number of rotatable bonds is 9. The van der Waals surface area contributed by atoms with Gasteiger partial charge in [0.25, 0.3) is 11.9 Å². The molecule has 0 fully saturated rings. The largest absolute Gasteiger partial charge is 0.444 e. The molecule has 2 aromatic rings. The van der Waals surface area contributed by atoms with Crippen LogP contribution >= 0.6 is 11.6 Å². The molecule has 0 bridgehead atoms. The predicted octanol–water partition coefficient (Wildman–Crippen LogP) is 6.51. The number of hydrogen-bond donors (Lipinski definition) is 4. The Labute approximate surface area is 259 Å². The first-order chi connectivity index (χ1) is 20.4. The summed E-state index contributed by atoms with van der Waals surface area (Å²) in [4.78, 5) is 29.6. The van der Waals surface area contributed by atoms with Crippen LogP contribution in [0.2, 0.25) is 5.02 Å². The van der Waals surface area contributed by atoms with Gasteiger partial charge in [-0.3, -0.25) is 10.6 Å². The van der Waals surface area contributed by atoms with Crippen molar-refractivity contribution in [3.63, 3.8) is 0 Å². The number of allylic oxidation sites excluding steroid dienone is 1. The Morgan fingerprint density at radius 3 is 2.18 bits per heavy atom. The minimum Gasteiger partial charge on any atom is -0.444 e. The molecule has 3 rings (SSSR count). The zero-order valence-electron chi connectivity index (χ0n) is 25.4. The number of oxime groups is 1. The molecule has 44 heavy (non-hydrogen) atoms. The highest BCUT2D eigenvalue weighted by Crippen LogP contribution is 2.33. The average Bonchev–Trinajstić information content (AvgIpc) is 3.29. The molecule has 0 saturated heterocycles. The summed E-state index contributed by atoms with van der Waals surface area (Å²) in [5.74, 6) is -4.23. The van der Waals surface area contributed by atoms with Crippen LogP contribution in [0, 0.1) is 5.82 Å². The van der Waals surface area contributed by atoms with Crippen molar-refractivity contribution in [2.75, 3.05) is 25.0 Å². The lowest BCUT2D eigenvalue weighted by molar-refractivity contribution is 0.0105. The normalized spacial score (nSPS) is 12.8. The molecule has 0 radical (unpaired) electrons. The van der Waals surface area contributed by atoms with Crippen molar-refractivity contribution < 1.29 is 37.1 Å². The SMILES string of the molecule is CC(C)(C)OC(=O)NC(=NOCCNC1=Cc2ccc(NCC(F)(F)c3cccc(Cl)c3)c(F)c2C1)NC(=O)OC(C)(C)C. The third kappa shape index (κ3) is 10.9. The molecular weight excluding hydrogens is 603 g/mol. The second-order valence-electron chi connectivity index (χ2n) is 11.9. The minimum absolute atomic E-state index is 0.00292. The summed E-state index contributed by atoms with van der Waals surface area (Å²) in [7, 11) is 0. The maximum absolute atomic E-state index is 15.2. The van der Waals surface area contributed by atoms with Gasteiger partial charge in [0, 0.05) is 28.3 Å². The van der Waals surface area contributed by atoms with E-state index >= 15 is 4.39 Å². The molecule has 2 amide bonds. The molecule has 0 heterocycles. The number of alkyl halides is 2. The maximum Gasteiger partial charge on any atom is 0.414 e. The number of alkyl carbamates (subject to hydrolysis) is 2. The Morgan fingerprint density at radius 1 is 0.955 bits per heavy atom. The number of carbonyl (C=O) groups is 2. The zero-order chi connectivity index (χ0) is 32.7. The van der Waals surface area contributed by atoms with Crippen LogP contribution in [0.3, 0.4) is 0 Å². The fraction of sp³-hybridized carbons (Fsp3) is 0.433. The van der Waals surface area contributed by atoms with Crippen LogP contribution in [0.15, 0.2) is 47.3 Å². The van der Waals surface area contributed by atoms with E-state index in [1.165, 1.54) is 30.3 Å². The van der Waals surface area contributed by atoms with Gasteiger partial charge in [-0.1, -0.05) is 29.8 Å². The van der Waals surface area contributed by atoms with Gasteiger partial charge in [0.2, 0.25) is 0 Å². The van der Waals surface area contributed by atoms with Gasteiger partial charge in [-0.2, -0.15) is 8.78 Å². The van der Waals surface area contributed by atoms with E-state index in [0.29, 0.717) is 16.8 Å². The molecule has 2 aromatic carbocycles.